The van der Waals surface area contributed by atoms with E-state index in [-0.39, 0.29) is 6.61 Å². The first-order chi connectivity index (χ1) is 9.10. The summed E-state index contributed by atoms with van der Waals surface area (Å²) < 4.78 is 5.78. The van der Waals surface area contributed by atoms with Crippen LogP contribution in [0.2, 0.25) is 5.02 Å². The van der Waals surface area contributed by atoms with E-state index in [0.717, 1.165) is 16.9 Å². The Morgan fingerprint density at radius 3 is 2.53 bits per heavy atom. The highest BCUT2D eigenvalue weighted by Crippen LogP contribution is 2.31. The summed E-state index contributed by atoms with van der Waals surface area (Å²) in [6, 6.07) is 11.1. The number of nitrogens with two attached hydrogens (primary N) is 1. The van der Waals surface area contributed by atoms with Crippen LogP contribution in [0, 0.1) is 6.92 Å². The summed E-state index contributed by atoms with van der Waals surface area (Å²) in [7, 11) is 0. The van der Waals surface area contributed by atoms with Gasteiger partial charge in [-0.1, -0.05) is 23.7 Å². The second-order valence-corrected chi connectivity index (χ2v) is 4.77. The molecule has 0 spiro atoms. The van der Waals surface area contributed by atoms with Crippen LogP contribution >= 0.6 is 11.6 Å². The fraction of sp³-hybridized carbons (Fsp3) is 0.200. The second kappa shape index (κ2) is 5.95. The van der Waals surface area contributed by atoms with Crippen molar-refractivity contribution in [2.45, 2.75) is 13.3 Å². The highest BCUT2D eigenvalue weighted by Gasteiger charge is 2.06. The molecule has 100 valence electrons. The monoisotopic (exact) mass is 277 g/mol. The molecular weight excluding hydrogens is 262 g/mol. The van der Waals surface area contributed by atoms with Crippen molar-refractivity contribution in [3.05, 3.63) is 52.5 Å². The number of anilines is 1. The van der Waals surface area contributed by atoms with Crippen molar-refractivity contribution >= 4 is 17.3 Å². The van der Waals surface area contributed by atoms with E-state index in [1.165, 1.54) is 0 Å². The summed E-state index contributed by atoms with van der Waals surface area (Å²) in [5.41, 5.74) is 8.27. The van der Waals surface area contributed by atoms with Crippen LogP contribution in [0.3, 0.4) is 0 Å². The van der Waals surface area contributed by atoms with Gasteiger partial charge in [-0.3, -0.25) is 0 Å². The zero-order valence-corrected chi connectivity index (χ0v) is 11.4. The van der Waals surface area contributed by atoms with Crippen LogP contribution < -0.4 is 10.5 Å². The largest absolute Gasteiger partial charge is 0.457 e. The Morgan fingerprint density at radius 1 is 1.21 bits per heavy atom. The summed E-state index contributed by atoms with van der Waals surface area (Å²) in [4.78, 5) is 0. The molecule has 3 nitrogen and oxygen atoms in total. The van der Waals surface area contributed by atoms with Gasteiger partial charge in [-0.25, -0.2) is 0 Å². The van der Waals surface area contributed by atoms with Gasteiger partial charge in [0.2, 0.25) is 0 Å². The number of aryl methyl sites for hydroxylation is 1. The average molecular weight is 278 g/mol. The maximum atomic E-state index is 8.86. The van der Waals surface area contributed by atoms with Gasteiger partial charge in [0.15, 0.2) is 0 Å². The SMILES string of the molecule is Cc1cc(N)c(Cl)cc1Oc1ccc(CCO)cc1. The third-order valence-corrected chi connectivity index (χ3v) is 3.17. The smallest absolute Gasteiger partial charge is 0.131 e. The molecule has 0 saturated carbocycles. The fourth-order valence-corrected chi connectivity index (χ4v) is 1.93. The van der Waals surface area contributed by atoms with E-state index in [0.29, 0.717) is 22.9 Å². The number of rotatable bonds is 4. The lowest BCUT2D eigenvalue weighted by molar-refractivity contribution is 0.299. The molecule has 2 rings (SSSR count). The Balaban J connectivity index is 2.19. The molecule has 2 aromatic rings. The lowest BCUT2D eigenvalue weighted by Crippen LogP contribution is -1.93. The predicted molar refractivity (Wildman–Crippen MR) is 77.9 cm³/mol. The minimum absolute atomic E-state index is 0.146. The molecule has 0 saturated heterocycles. The fourth-order valence-electron chi connectivity index (χ4n) is 1.78. The number of halogens is 1. The average Bonchev–Trinajstić information content (AvgIpc) is 2.38. The molecule has 0 unspecified atom stereocenters. The Labute approximate surface area is 117 Å². The number of hydrogen-bond donors (Lipinski definition) is 2. The quantitative estimate of drug-likeness (QED) is 0.840. The number of aliphatic hydroxyl groups excluding tert-OH is 1. The van der Waals surface area contributed by atoms with E-state index in [1.54, 1.807) is 12.1 Å². The molecule has 0 aliphatic carbocycles. The van der Waals surface area contributed by atoms with Crippen molar-refractivity contribution < 1.29 is 9.84 Å². The highest BCUT2D eigenvalue weighted by atomic mass is 35.5. The highest BCUT2D eigenvalue weighted by molar-refractivity contribution is 6.33. The van der Waals surface area contributed by atoms with Crippen molar-refractivity contribution in [1.82, 2.24) is 0 Å². The van der Waals surface area contributed by atoms with Gasteiger partial charge in [-0.15, -0.1) is 0 Å². The van der Waals surface area contributed by atoms with Crippen LogP contribution in [0.1, 0.15) is 11.1 Å². The number of aliphatic hydroxyl groups is 1. The third kappa shape index (κ3) is 3.40. The standard InChI is InChI=1S/C15H16ClNO2/c1-10-8-14(17)13(16)9-15(10)19-12-4-2-11(3-5-12)6-7-18/h2-5,8-9,18H,6-7,17H2,1H3. The van der Waals surface area contributed by atoms with Crippen molar-refractivity contribution in [2.75, 3.05) is 12.3 Å². The van der Waals surface area contributed by atoms with E-state index in [4.69, 9.17) is 27.2 Å². The molecule has 0 bridgehead atoms. The Kier molecular flexibility index (Phi) is 4.30. The van der Waals surface area contributed by atoms with Crippen LogP contribution in [-0.2, 0) is 6.42 Å². The van der Waals surface area contributed by atoms with Gasteiger partial charge in [0.1, 0.15) is 11.5 Å². The summed E-state index contributed by atoms with van der Waals surface area (Å²) in [5, 5.41) is 9.34. The molecule has 0 aliphatic heterocycles. The Morgan fingerprint density at radius 2 is 1.89 bits per heavy atom. The molecular formula is C15H16ClNO2. The van der Waals surface area contributed by atoms with Crippen LogP contribution in [0.4, 0.5) is 5.69 Å². The van der Waals surface area contributed by atoms with Gasteiger partial charge in [0, 0.05) is 12.7 Å². The zero-order chi connectivity index (χ0) is 13.8. The van der Waals surface area contributed by atoms with Crippen LogP contribution in [0.15, 0.2) is 36.4 Å². The van der Waals surface area contributed by atoms with Gasteiger partial charge in [-0.2, -0.15) is 0 Å². The number of nitrogen functional groups attached to an aromatic ring is 1. The maximum absolute atomic E-state index is 8.86. The summed E-state index contributed by atoms with van der Waals surface area (Å²) in [5.74, 6) is 1.42. The summed E-state index contributed by atoms with van der Waals surface area (Å²) in [6.45, 7) is 2.06. The molecule has 19 heavy (non-hydrogen) atoms. The van der Waals surface area contributed by atoms with Crippen LogP contribution in [0.5, 0.6) is 11.5 Å². The van der Waals surface area contributed by atoms with Crippen molar-refractivity contribution in [3.8, 4) is 11.5 Å². The molecule has 0 atom stereocenters. The normalized spacial score (nSPS) is 10.5. The zero-order valence-electron chi connectivity index (χ0n) is 10.7. The predicted octanol–water partition coefficient (Wildman–Crippen LogP) is 3.56. The number of hydrogen-bond acceptors (Lipinski definition) is 3. The first-order valence-electron chi connectivity index (χ1n) is 6.03. The number of benzene rings is 2. The van der Waals surface area contributed by atoms with E-state index in [9.17, 15) is 0 Å². The van der Waals surface area contributed by atoms with Crippen molar-refractivity contribution in [3.63, 3.8) is 0 Å². The molecule has 2 aromatic carbocycles. The van der Waals surface area contributed by atoms with E-state index in [2.05, 4.69) is 0 Å². The second-order valence-electron chi connectivity index (χ2n) is 4.36. The van der Waals surface area contributed by atoms with Crippen LogP contribution in [0.25, 0.3) is 0 Å². The minimum Gasteiger partial charge on any atom is -0.457 e. The maximum Gasteiger partial charge on any atom is 0.131 e. The Hall–Kier alpha value is -1.71. The first-order valence-corrected chi connectivity index (χ1v) is 6.41. The molecule has 0 aliphatic rings. The first kappa shape index (κ1) is 13.7. The third-order valence-electron chi connectivity index (χ3n) is 2.85. The summed E-state index contributed by atoms with van der Waals surface area (Å²) >= 11 is 5.99. The van der Waals surface area contributed by atoms with Gasteiger partial charge >= 0.3 is 0 Å². The lowest BCUT2D eigenvalue weighted by Gasteiger charge is -2.11. The minimum atomic E-state index is 0.146. The molecule has 4 heteroatoms. The van der Waals surface area contributed by atoms with E-state index in [1.807, 2.05) is 31.2 Å². The number of ether oxygens (including phenoxy) is 1. The van der Waals surface area contributed by atoms with Crippen LogP contribution in [-0.4, -0.2) is 11.7 Å². The van der Waals surface area contributed by atoms with Gasteiger partial charge < -0.3 is 15.6 Å². The Bertz CT molecular complexity index is 567. The van der Waals surface area contributed by atoms with Gasteiger partial charge in [0.05, 0.1) is 10.7 Å². The van der Waals surface area contributed by atoms with Crippen molar-refractivity contribution in [2.24, 2.45) is 0 Å². The molecule has 0 fully saturated rings. The topological polar surface area (TPSA) is 55.5 Å². The molecule has 0 aromatic heterocycles. The van der Waals surface area contributed by atoms with Gasteiger partial charge in [-0.05, 0) is 42.7 Å². The van der Waals surface area contributed by atoms with E-state index < -0.39 is 0 Å². The van der Waals surface area contributed by atoms with E-state index >= 15 is 0 Å². The molecule has 0 heterocycles. The van der Waals surface area contributed by atoms with Gasteiger partial charge in [0.25, 0.3) is 0 Å². The molecule has 0 amide bonds. The lowest BCUT2D eigenvalue weighted by atomic mass is 10.1. The van der Waals surface area contributed by atoms with Crippen molar-refractivity contribution in [1.29, 1.82) is 0 Å². The summed E-state index contributed by atoms with van der Waals surface area (Å²) in [6.07, 6.45) is 0.646. The molecule has 0 radical (unpaired) electrons. The molecule has 3 N–H and O–H groups in total.